The molecule has 3 rings (SSSR count). The summed E-state index contributed by atoms with van der Waals surface area (Å²) in [5, 5.41) is 4.58. The lowest BCUT2D eigenvalue weighted by molar-refractivity contribution is 0.882. The third-order valence-electron chi connectivity index (χ3n) is 4.96. The smallest absolute Gasteiger partial charge is 0.0784 e. The van der Waals surface area contributed by atoms with Crippen molar-refractivity contribution in [1.82, 2.24) is 0 Å². The Balaban J connectivity index is 2.20. The molecule has 0 radical (unpaired) electrons. The quantitative estimate of drug-likeness (QED) is 0.355. The third kappa shape index (κ3) is 3.39. The van der Waals surface area contributed by atoms with Crippen LogP contribution in [0.15, 0.2) is 91.0 Å². The average Bonchev–Trinajstić information content (AvgIpc) is 2.68. The second-order valence-electron chi connectivity index (χ2n) is 6.46. The van der Waals surface area contributed by atoms with Gasteiger partial charge in [0.05, 0.1) is 0 Å². The van der Waals surface area contributed by atoms with Gasteiger partial charge in [-0.3, -0.25) is 0 Å². The largest absolute Gasteiger partial charge is 0.132 e. The molecule has 0 aliphatic carbocycles. The van der Waals surface area contributed by atoms with Gasteiger partial charge in [0, 0.05) is 0 Å². The van der Waals surface area contributed by atoms with Crippen LogP contribution in [0.4, 0.5) is 0 Å². The number of hydrogen-bond acceptors (Lipinski definition) is 0. The first-order chi connectivity index (χ1) is 11.9. The highest BCUT2D eigenvalue weighted by Crippen LogP contribution is 2.10. The molecule has 120 valence electrons. The van der Waals surface area contributed by atoms with Gasteiger partial charge >= 0.3 is 0 Å². The molecule has 0 nitrogen and oxygen atoms in total. The van der Waals surface area contributed by atoms with Gasteiger partial charge in [0.1, 0.15) is 14.8 Å². The average molecular weight is 328 g/mol. The number of unbranched alkanes of at least 4 members (excludes halogenated alkanes) is 1. The summed E-state index contributed by atoms with van der Waals surface area (Å²) in [7, 11) is -1.96. The lowest BCUT2D eigenvalue weighted by atomic mass is 9.98. The van der Waals surface area contributed by atoms with Gasteiger partial charge in [-0.05, 0) is 0 Å². The van der Waals surface area contributed by atoms with E-state index in [0.29, 0.717) is 0 Å². The van der Waals surface area contributed by atoms with Crippen LogP contribution in [0.25, 0.3) is 0 Å². The zero-order valence-corrected chi connectivity index (χ0v) is 15.5. The molecule has 0 aliphatic heterocycles. The molecule has 0 aliphatic rings. The molecule has 0 N–H and O–H groups in total. The van der Waals surface area contributed by atoms with Crippen molar-refractivity contribution in [2.75, 3.05) is 0 Å². The molecule has 0 spiro atoms. The van der Waals surface area contributed by atoms with Gasteiger partial charge < -0.3 is 0 Å². The van der Waals surface area contributed by atoms with E-state index < -0.39 is 7.94 Å². The van der Waals surface area contributed by atoms with E-state index in [9.17, 15) is 0 Å². The van der Waals surface area contributed by atoms with Crippen LogP contribution in [-0.2, 0) is 0 Å². The van der Waals surface area contributed by atoms with Crippen molar-refractivity contribution in [3.05, 3.63) is 91.0 Å². The molecule has 24 heavy (non-hydrogen) atoms. The van der Waals surface area contributed by atoms with Crippen LogP contribution in [0, 0.1) is 0 Å². The van der Waals surface area contributed by atoms with Crippen LogP contribution in [0.5, 0.6) is 0 Å². The van der Waals surface area contributed by atoms with Gasteiger partial charge in [-0.2, -0.15) is 0 Å². The molecule has 0 atom stereocenters. The fourth-order valence-electron chi connectivity index (χ4n) is 3.74. The zero-order chi connectivity index (χ0) is 16.7. The molecule has 0 bridgehead atoms. The first-order valence-corrected chi connectivity index (χ1v) is 11.2. The summed E-state index contributed by atoms with van der Waals surface area (Å²) in [6.07, 6.45) is 3.87. The van der Waals surface area contributed by atoms with Crippen molar-refractivity contribution < 1.29 is 0 Å². The summed E-state index contributed by atoms with van der Waals surface area (Å²) < 4.78 is 0. The van der Waals surface area contributed by atoms with Crippen molar-refractivity contribution in [3.8, 4) is 0 Å². The SMILES string of the molecule is CCCCB[Si](c1ccccc1)(c1ccccc1)c1ccccc1. The van der Waals surface area contributed by atoms with E-state index in [1.165, 1.54) is 41.6 Å². The Bertz CT molecular complexity index is 629. The first kappa shape index (κ1) is 16.8. The molecule has 0 fully saturated rings. The van der Waals surface area contributed by atoms with E-state index in [4.69, 9.17) is 0 Å². The van der Waals surface area contributed by atoms with Gasteiger partial charge in [-0.15, -0.1) is 0 Å². The van der Waals surface area contributed by atoms with Gasteiger partial charge in [-0.25, -0.2) is 0 Å². The molecule has 2 heteroatoms. The predicted molar refractivity (Wildman–Crippen MR) is 111 cm³/mol. The maximum Gasteiger partial charge on any atom is 0.132 e. The normalized spacial score (nSPS) is 11.2. The fourth-order valence-corrected chi connectivity index (χ4v) is 8.67. The van der Waals surface area contributed by atoms with E-state index in [-0.39, 0.29) is 0 Å². The maximum absolute atomic E-state index is 2.35. The van der Waals surface area contributed by atoms with E-state index in [1.54, 1.807) is 0 Å². The molecular formula is C22H25BSi. The summed E-state index contributed by atoms with van der Waals surface area (Å²) in [5.74, 6) is 0. The van der Waals surface area contributed by atoms with Crippen molar-refractivity contribution in [1.29, 1.82) is 0 Å². The molecule has 0 amide bonds. The van der Waals surface area contributed by atoms with E-state index >= 15 is 0 Å². The number of hydrogen-bond donors (Lipinski definition) is 0. The Morgan fingerprint density at radius 2 is 1.00 bits per heavy atom. The highest BCUT2D eigenvalue weighted by molar-refractivity contribution is 7.43. The Labute approximate surface area is 147 Å². The molecular weight excluding hydrogens is 303 g/mol. The lowest BCUT2D eigenvalue weighted by Gasteiger charge is -2.33. The van der Waals surface area contributed by atoms with Crippen LogP contribution in [-0.4, -0.2) is 14.8 Å². The maximum atomic E-state index is 2.35. The second kappa shape index (κ2) is 8.16. The molecule has 0 aromatic heterocycles. The summed E-state index contributed by atoms with van der Waals surface area (Å²) >= 11 is 0. The van der Waals surface area contributed by atoms with E-state index in [1.807, 2.05) is 0 Å². The van der Waals surface area contributed by atoms with Crippen molar-refractivity contribution >= 4 is 30.4 Å². The first-order valence-electron chi connectivity index (χ1n) is 9.04. The Hall–Kier alpha value is -2.06. The number of rotatable bonds is 7. The van der Waals surface area contributed by atoms with E-state index in [2.05, 4.69) is 97.9 Å². The highest BCUT2D eigenvalue weighted by atomic mass is 28.3. The molecule has 0 saturated heterocycles. The molecule has 0 saturated carbocycles. The third-order valence-corrected chi connectivity index (χ3v) is 10.0. The van der Waals surface area contributed by atoms with Crippen LogP contribution in [0.3, 0.4) is 0 Å². The fraction of sp³-hybridized carbons (Fsp3) is 0.182. The predicted octanol–water partition coefficient (Wildman–Crippen LogP) is 3.31. The summed E-state index contributed by atoms with van der Waals surface area (Å²) in [6.45, 7) is 3.57. The van der Waals surface area contributed by atoms with Crippen LogP contribution < -0.4 is 15.6 Å². The lowest BCUT2D eigenvalue weighted by Crippen LogP contribution is -2.71. The van der Waals surface area contributed by atoms with Crippen molar-refractivity contribution in [3.63, 3.8) is 0 Å². The van der Waals surface area contributed by atoms with Crippen LogP contribution in [0.2, 0.25) is 6.32 Å². The minimum Gasteiger partial charge on any atom is -0.0784 e. The van der Waals surface area contributed by atoms with Crippen LogP contribution >= 0.6 is 0 Å². The molecule has 3 aromatic carbocycles. The van der Waals surface area contributed by atoms with Gasteiger partial charge in [0.25, 0.3) is 0 Å². The zero-order valence-electron chi connectivity index (χ0n) is 14.5. The molecule has 0 unspecified atom stereocenters. The monoisotopic (exact) mass is 328 g/mol. The topological polar surface area (TPSA) is 0 Å². The van der Waals surface area contributed by atoms with Gasteiger partial charge in [-0.1, -0.05) is 133 Å². The van der Waals surface area contributed by atoms with Crippen molar-refractivity contribution in [2.24, 2.45) is 0 Å². The van der Waals surface area contributed by atoms with Crippen molar-refractivity contribution in [2.45, 2.75) is 26.1 Å². The Kier molecular flexibility index (Phi) is 5.71. The molecule has 0 heterocycles. The van der Waals surface area contributed by atoms with Crippen LogP contribution in [0.1, 0.15) is 19.8 Å². The minimum atomic E-state index is -1.96. The highest BCUT2D eigenvalue weighted by Gasteiger charge is 2.38. The summed E-state index contributed by atoms with van der Waals surface area (Å²) in [6, 6.07) is 33.6. The second-order valence-corrected chi connectivity index (χ2v) is 10.5. The molecule has 3 aromatic rings. The number of benzene rings is 3. The Morgan fingerprint density at radius 1 is 0.625 bits per heavy atom. The Morgan fingerprint density at radius 3 is 1.33 bits per heavy atom. The van der Waals surface area contributed by atoms with Gasteiger partial charge in [0.2, 0.25) is 0 Å². The van der Waals surface area contributed by atoms with Gasteiger partial charge in [0.15, 0.2) is 0 Å². The summed E-state index contributed by atoms with van der Waals surface area (Å²) in [4.78, 5) is 0. The minimum absolute atomic E-state index is 1.27. The standard InChI is InChI=1S/C22H25BSi/c1-2-3-19-23-24(20-13-7-4-8-14-20,21-15-9-5-10-16-21)22-17-11-6-12-18-22/h4-18,23H,2-3,19H2,1H3. The van der Waals surface area contributed by atoms with E-state index in [0.717, 1.165) is 0 Å². The summed E-state index contributed by atoms with van der Waals surface area (Å²) in [5.41, 5.74) is 0.